The molecule has 0 radical (unpaired) electrons. The van der Waals surface area contributed by atoms with Crippen LogP contribution in [0, 0.1) is 13.8 Å². The number of benzene rings is 1. The van der Waals surface area contributed by atoms with Gasteiger partial charge in [0.15, 0.2) is 0 Å². The van der Waals surface area contributed by atoms with Crippen LogP contribution in [0.2, 0.25) is 0 Å². The molecule has 0 aliphatic carbocycles. The first kappa shape index (κ1) is 20.5. The number of rotatable bonds is 5. The van der Waals surface area contributed by atoms with Gasteiger partial charge in [0, 0.05) is 23.5 Å². The first-order valence-electron chi connectivity index (χ1n) is 9.03. The van der Waals surface area contributed by atoms with Gasteiger partial charge in [0.25, 0.3) is 11.8 Å². The van der Waals surface area contributed by atoms with Gasteiger partial charge >= 0.3 is 0 Å². The number of hydrogen-bond acceptors (Lipinski definition) is 5. The van der Waals surface area contributed by atoms with E-state index in [0.29, 0.717) is 29.2 Å². The molecule has 0 spiro atoms. The molecule has 1 saturated heterocycles. The van der Waals surface area contributed by atoms with E-state index in [0.717, 1.165) is 29.7 Å². The highest BCUT2D eigenvalue weighted by molar-refractivity contribution is 7.89. The molecular formula is C19H23N3O4S2. The van der Waals surface area contributed by atoms with Crippen molar-refractivity contribution in [2.45, 2.75) is 38.0 Å². The van der Waals surface area contributed by atoms with Crippen LogP contribution in [0.25, 0.3) is 0 Å². The molecule has 2 heterocycles. The fourth-order valence-corrected chi connectivity index (χ4v) is 5.80. The second-order valence-electron chi connectivity index (χ2n) is 6.79. The van der Waals surface area contributed by atoms with Crippen LogP contribution >= 0.6 is 11.3 Å². The zero-order chi connectivity index (χ0) is 20.5. The van der Waals surface area contributed by atoms with Crippen molar-refractivity contribution in [2.75, 3.05) is 18.4 Å². The fourth-order valence-electron chi connectivity index (χ4n) is 3.22. The molecule has 9 heteroatoms. The molecule has 1 aliphatic rings. The van der Waals surface area contributed by atoms with Crippen LogP contribution in [-0.4, -0.2) is 37.6 Å². The monoisotopic (exact) mass is 421 g/mol. The van der Waals surface area contributed by atoms with Crippen molar-refractivity contribution in [3.05, 3.63) is 45.8 Å². The summed E-state index contributed by atoms with van der Waals surface area (Å²) >= 11 is 1.28. The maximum Gasteiger partial charge on any atom is 0.256 e. The minimum Gasteiger partial charge on any atom is -0.365 e. The number of sulfonamides is 1. The Morgan fingerprint density at radius 2 is 1.68 bits per heavy atom. The van der Waals surface area contributed by atoms with E-state index in [1.807, 2.05) is 6.92 Å². The molecule has 0 atom stereocenters. The molecule has 0 unspecified atom stereocenters. The summed E-state index contributed by atoms with van der Waals surface area (Å²) in [6.45, 7) is 4.68. The molecule has 1 aromatic carbocycles. The number of anilines is 1. The van der Waals surface area contributed by atoms with E-state index in [1.54, 1.807) is 6.92 Å². The van der Waals surface area contributed by atoms with Gasteiger partial charge in [-0.05, 0) is 56.5 Å². The predicted octanol–water partition coefficient (Wildman–Crippen LogP) is 2.89. The van der Waals surface area contributed by atoms with Gasteiger partial charge in [-0.15, -0.1) is 11.3 Å². The van der Waals surface area contributed by atoms with Crippen LogP contribution in [0.4, 0.5) is 5.00 Å². The van der Waals surface area contributed by atoms with Gasteiger partial charge < -0.3 is 11.1 Å². The van der Waals surface area contributed by atoms with Gasteiger partial charge in [-0.25, -0.2) is 8.42 Å². The number of aryl methyl sites for hydroxylation is 1. The Bertz CT molecular complexity index is 1000. The summed E-state index contributed by atoms with van der Waals surface area (Å²) in [6.07, 6.45) is 2.77. The maximum absolute atomic E-state index is 12.7. The van der Waals surface area contributed by atoms with E-state index < -0.39 is 21.8 Å². The number of nitrogens with two attached hydrogens (primary N) is 1. The maximum atomic E-state index is 12.7. The highest BCUT2D eigenvalue weighted by Crippen LogP contribution is 2.32. The first-order chi connectivity index (χ1) is 13.2. The Kier molecular flexibility index (Phi) is 5.87. The average molecular weight is 422 g/mol. The molecule has 3 rings (SSSR count). The zero-order valence-corrected chi connectivity index (χ0v) is 17.5. The lowest BCUT2D eigenvalue weighted by molar-refractivity contribution is 0.100. The zero-order valence-electron chi connectivity index (χ0n) is 15.8. The van der Waals surface area contributed by atoms with E-state index in [4.69, 9.17) is 5.73 Å². The molecule has 2 aromatic rings. The normalized spacial score (nSPS) is 15.4. The topological polar surface area (TPSA) is 110 Å². The second-order valence-corrected chi connectivity index (χ2v) is 9.96. The van der Waals surface area contributed by atoms with Crippen LogP contribution in [0.1, 0.15) is 50.4 Å². The first-order valence-corrected chi connectivity index (χ1v) is 11.3. The number of thiophene rings is 1. The standard InChI is InChI=1S/C19H23N3O4S2/c1-12-13(2)27-19(16(12)17(20)23)21-18(24)14-6-8-15(9-7-14)28(25,26)22-10-4-3-5-11-22/h6-9H,3-5,10-11H2,1-2H3,(H2,20,23)(H,21,24). The van der Waals surface area contributed by atoms with Crippen molar-refractivity contribution in [1.29, 1.82) is 0 Å². The molecule has 0 saturated carbocycles. The number of primary amides is 1. The third kappa shape index (κ3) is 3.96. The largest absolute Gasteiger partial charge is 0.365 e. The number of nitrogens with one attached hydrogen (secondary N) is 1. The van der Waals surface area contributed by atoms with Crippen molar-refractivity contribution in [3.63, 3.8) is 0 Å². The van der Waals surface area contributed by atoms with E-state index >= 15 is 0 Å². The number of carbonyl (C=O) groups excluding carboxylic acids is 2. The minimum absolute atomic E-state index is 0.173. The molecule has 7 nitrogen and oxygen atoms in total. The molecule has 1 aromatic heterocycles. The average Bonchev–Trinajstić information content (AvgIpc) is 2.96. The SMILES string of the molecule is Cc1sc(NC(=O)c2ccc(S(=O)(=O)N3CCCCC3)cc2)c(C(N)=O)c1C. The lowest BCUT2D eigenvalue weighted by Crippen LogP contribution is -2.35. The lowest BCUT2D eigenvalue weighted by Gasteiger charge is -2.25. The molecular weight excluding hydrogens is 398 g/mol. The number of amides is 2. The van der Waals surface area contributed by atoms with E-state index in [9.17, 15) is 18.0 Å². The van der Waals surface area contributed by atoms with Gasteiger partial charge in [-0.2, -0.15) is 4.31 Å². The van der Waals surface area contributed by atoms with Crippen LogP contribution < -0.4 is 11.1 Å². The Labute approximate surface area is 168 Å². The molecule has 0 bridgehead atoms. The van der Waals surface area contributed by atoms with Gasteiger partial charge in [0.1, 0.15) is 5.00 Å². The molecule has 3 N–H and O–H groups in total. The fraction of sp³-hybridized carbons (Fsp3) is 0.368. The summed E-state index contributed by atoms with van der Waals surface area (Å²) in [5, 5.41) is 3.11. The number of piperidine rings is 1. The van der Waals surface area contributed by atoms with Crippen LogP contribution in [0.5, 0.6) is 0 Å². The van der Waals surface area contributed by atoms with Gasteiger partial charge in [-0.1, -0.05) is 6.42 Å². The molecule has 28 heavy (non-hydrogen) atoms. The number of nitrogens with zero attached hydrogens (tertiary/aromatic N) is 1. The highest BCUT2D eigenvalue weighted by atomic mass is 32.2. The summed E-state index contributed by atoms with van der Waals surface area (Å²) in [5.41, 5.74) is 6.78. The van der Waals surface area contributed by atoms with Gasteiger partial charge in [0.05, 0.1) is 10.5 Å². The Morgan fingerprint density at radius 1 is 1.07 bits per heavy atom. The summed E-state index contributed by atoms with van der Waals surface area (Å²) in [4.78, 5) is 25.3. The molecule has 2 amide bonds. The van der Waals surface area contributed by atoms with Crippen LogP contribution in [0.3, 0.4) is 0 Å². The Morgan fingerprint density at radius 3 is 2.25 bits per heavy atom. The third-order valence-electron chi connectivity index (χ3n) is 4.93. The van der Waals surface area contributed by atoms with Crippen molar-refractivity contribution in [1.82, 2.24) is 4.31 Å². The lowest BCUT2D eigenvalue weighted by atomic mass is 10.1. The summed E-state index contributed by atoms with van der Waals surface area (Å²) < 4.78 is 26.9. The van der Waals surface area contributed by atoms with Crippen LogP contribution in [-0.2, 0) is 10.0 Å². The van der Waals surface area contributed by atoms with Gasteiger partial charge in [-0.3, -0.25) is 9.59 Å². The summed E-state index contributed by atoms with van der Waals surface area (Å²) in [5.74, 6) is -1.02. The number of carbonyl (C=O) groups is 2. The summed E-state index contributed by atoms with van der Waals surface area (Å²) in [6, 6.07) is 5.84. The third-order valence-corrected chi connectivity index (χ3v) is 7.96. The van der Waals surface area contributed by atoms with Crippen molar-refractivity contribution < 1.29 is 18.0 Å². The molecule has 1 aliphatic heterocycles. The quantitative estimate of drug-likeness (QED) is 0.773. The van der Waals surface area contributed by atoms with E-state index in [2.05, 4.69) is 5.32 Å². The van der Waals surface area contributed by atoms with E-state index in [-0.39, 0.29) is 4.90 Å². The van der Waals surface area contributed by atoms with Crippen molar-refractivity contribution in [3.8, 4) is 0 Å². The Balaban J connectivity index is 1.79. The highest BCUT2D eigenvalue weighted by Gasteiger charge is 2.26. The van der Waals surface area contributed by atoms with Crippen molar-refractivity contribution >= 4 is 38.2 Å². The molecule has 1 fully saturated rings. The summed E-state index contributed by atoms with van der Waals surface area (Å²) in [7, 11) is -3.54. The van der Waals surface area contributed by atoms with E-state index in [1.165, 1.54) is 39.9 Å². The Hall–Kier alpha value is -2.23. The number of hydrogen-bond donors (Lipinski definition) is 2. The second kappa shape index (κ2) is 8.02. The predicted molar refractivity (Wildman–Crippen MR) is 109 cm³/mol. The van der Waals surface area contributed by atoms with Crippen LogP contribution in [0.15, 0.2) is 29.2 Å². The molecule has 150 valence electrons. The minimum atomic E-state index is -3.54. The van der Waals surface area contributed by atoms with Crippen molar-refractivity contribution in [2.24, 2.45) is 5.73 Å². The smallest absolute Gasteiger partial charge is 0.256 e. The van der Waals surface area contributed by atoms with Gasteiger partial charge in [0.2, 0.25) is 10.0 Å².